The summed E-state index contributed by atoms with van der Waals surface area (Å²) in [7, 11) is -3.35. The number of hydrogen-bond acceptors (Lipinski definition) is 3. The van der Waals surface area contributed by atoms with Gasteiger partial charge in [-0.15, -0.1) is 0 Å². The Bertz CT molecular complexity index is 359. The first-order valence-corrected chi connectivity index (χ1v) is 14.0. The Morgan fingerprint density at radius 2 is 1.10 bits per heavy atom. The molecule has 0 aromatic carbocycles. The predicted molar refractivity (Wildman–Crippen MR) is 97.3 cm³/mol. The van der Waals surface area contributed by atoms with Crippen molar-refractivity contribution in [3.63, 3.8) is 0 Å². The van der Waals surface area contributed by atoms with Gasteiger partial charge in [-0.25, -0.2) is 0 Å². The van der Waals surface area contributed by atoms with E-state index < -0.39 is 16.9 Å². The molecular formula is C16H37O3PS. The first-order chi connectivity index (χ1) is 9.52. The Morgan fingerprint density at radius 3 is 1.48 bits per heavy atom. The molecule has 3 nitrogen and oxygen atoms in total. The summed E-state index contributed by atoms with van der Waals surface area (Å²) in [4.78, 5) is 0. The Balaban J connectivity index is 3.59. The second kappa shape index (κ2) is 9.47. The number of hydrogen-bond donors (Lipinski definition) is 0. The quantitative estimate of drug-likeness (QED) is 0.340. The molecule has 0 saturated carbocycles. The van der Waals surface area contributed by atoms with E-state index in [1.165, 1.54) is 44.9 Å². The van der Waals surface area contributed by atoms with Crippen LogP contribution in [0.25, 0.3) is 0 Å². The molecule has 0 saturated heterocycles. The summed E-state index contributed by atoms with van der Waals surface area (Å²) in [5.41, 5.74) is 0. The zero-order valence-corrected chi connectivity index (χ0v) is 16.6. The standard InChI is InChI=1S/C16H37O3PS/c1-6-7-8-9-10-11-12-13-14-15-16-21(17,18)19-20(2,3,4)5/h6-16H2,1-5H3. The van der Waals surface area contributed by atoms with E-state index in [0.717, 1.165) is 19.3 Å². The Hall–Kier alpha value is 0.340. The summed E-state index contributed by atoms with van der Waals surface area (Å²) in [6, 6.07) is 0. The molecule has 0 amide bonds. The summed E-state index contributed by atoms with van der Waals surface area (Å²) >= 11 is 0. The van der Waals surface area contributed by atoms with Gasteiger partial charge in [0.1, 0.15) is 0 Å². The van der Waals surface area contributed by atoms with Gasteiger partial charge in [-0.05, 0) is 0 Å². The van der Waals surface area contributed by atoms with Crippen LogP contribution in [0, 0.1) is 0 Å². The molecule has 0 atom stereocenters. The van der Waals surface area contributed by atoms with E-state index >= 15 is 0 Å². The van der Waals surface area contributed by atoms with Gasteiger partial charge in [0.05, 0.1) is 0 Å². The molecule has 0 aliphatic rings. The fourth-order valence-electron chi connectivity index (χ4n) is 2.26. The molecule has 130 valence electrons. The maximum absolute atomic E-state index is 11.9. The van der Waals surface area contributed by atoms with Crippen LogP contribution in [-0.2, 0) is 14.1 Å². The minimum atomic E-state index is -3.35. The fraction of sp³-hybridized carbons (Fsp3) is 1.00. The first-order valence-electron chi connectivity index (χ1n) is 8.47. The van der Waals surface area contributed by atoms with Gasteiger partial charge in [0, 0.05) is 0 Å². The SMILES string of the molecule is CCCCCCCCCCCCS(=O)(=O)OP(C)(C)(C)C. The monoisotopic (exact) mass is 340 g/mol. The molecule has 0 unspecified atom stereocenters. The van der Waals surface area contributed by atoms with Crippen LogP contribution in [0.3, 0.4) is 0 Å². The average Bonchev–Trinajstić information content (AvgIpc) is 2.27. The predicted octanol–water partition coefficient (Wildman–Crippen LogP) is 5.24. The molecule has 0 fully saturated rings. The van der Waals surface area contributed by atoms with Gasteiger partial charge in [-0.3, -0.25) is 0 Å². The molecule has 0 N–H and O–H groups in total. The van der Waals surface area contributed by atoms with Crippen molar-refractivity contribution in [2.45, 2.75) is 71.1 Å². The van der Waals surface area contributed by atoms with Crippen LogP contribution in [0.2, 0.25) is 0 Å². The fourth-order valence-corrected chi connectivity index (χ4v) is 6.75. The van der Waals surface area contributed by atoms with Crippen LogP contribution in [0.1, 0.15) is 71.1 Å². The van der Waals surface area contributed by atoms with E-state index in [2.05, 4.69) is 6.92 Å². The summed E-state index contributed by atoms with van der Waals surface area (Å²) in [5, 5.41) is 0. The third-order valence-corrected chi connectivity index (χ3v) is 7.24. The van der Waals surface area contributed by atoms with Gasteiger partial charge in [0.15, 0.2) is 0 Å². The summed E-state index contributed by atoms with van der Waals surface area (Å²) in [5.74, 6) is 0.171. The third-order valence-electron chi connectivity index (χ3n) is 3.16. The van der Waals surface area contributed by atoms with Gasteiger partial charge in [0.25, 0.3) is 0 Å². The zero-order valence-electron chi connectivity index (χ0n) is 14.9. The summed E-state index contributed by atoms with van der Waals surface area (Å²) < 4.78 is 29.2. The van der Waals surface area contributed by atoms with Crippen molar-refractivity contribution >= 4 is 16.9 Å². The Labute approximate surface area is 133 Å². The molecule has 0 spiro atoms. The van der Waals surface area contributed by atoms with Crippen LogP contribution in [0.15, 0.2) is 0 Å². The molecule has 0 aliphatic heterocycles. The van der Waals surface area contributed by atoms with Gasteiger partial charge in [-0.1, -0.05) is 13.3 Å². The van der Waals surface area contributed by atoms with Gasteiger partial charge < -0.3 is 0 Å². The third kappa shape index (κ3) is 16.5. The second-order valence-electron chi connectivity index (χ2n) is 7.93. The van der Waals surface area contributed by atoms with Crippen molar-refractivity contribution < 1.29 is 12.4 Å². The molecule has 21 heavy (non-hydrogen) atoms. The molecule has 0 aliphatic carbocycles. The summed E-state index contributed by atoms with van der Waals surface area (Å²) in [6.45, 7) is 7.47. The normalized spacial score (nSPS) is 14.8. The van der Waals surface area contributed by atoms with E-state index in [1.54, 1.807) is 0 Å². The minimum absolute atomic E-state index is 0.171. The van der Waals surface area contributed by atoms with E-state index in [0.29, 0.717) is 0 Å². The molecular weight excluding hydrogens is 303 g/mol. The maximum atomic E-state index is 11.9. The number of rotatable bonds is 13. The van der Waals surface area contributed by atoms with Crippen molar-refractivity contribution in [1.29, 1.82) is 0 Å². The van der Waals surface area contributed by atoms with Crippen molar-refractivity contribution in [2.24, 2.45) is 0 Å². The van der Waals surface area contributed by atoms with Gasteiger partial charge >= 0.3 is 120 Å². The van der Waals surface area contributed by atoms with Crippen molar-refractivity contribution in [3.8, 4) is 0 Å². The molecule has 0 rings (SSSR count). The Kier molecular flexibility index (Phi) is 9.63. The van der Waals surface area contributed by atoms with E-state index in [-0.39, 0.29) is 5.75 Å². The van der Waals surface area contributed by atoms with Crippen molar-refractivity contribution in [3.05, 3.63) is 0 Å². The summed E-state index contributed by atoms with van der Waals surface area (Å²) in [6.07, 6.45) is 12.1. The second-order valence-corrected chi connectivity index (χ2v) is 16.9. The first kappa shape index (κ1) is 21.3. The van der Waals surface area contributed by atoms with Gasteiger partial charge in [-0.2, -0.15) is 0 Å². The zero-order chi connectivity index (χ0) is 16.4. The van der Waals surface area contributed by atoms with Crippen LogP contribution >= 0.6 is 6.83 Å². The topological polar surface area (TPSA) is 43.4 Å². The van der Waals surface area contributed by atoms with Crippen LogP contribution in [-0.4, -0.2) is 40.8 Å². The van der Waals surface area contributed by atoms with E-state index in [1.807, 2.05) is 26.7 Å². The van der Waals surface area contributed by atoms with Crippen LogP contribution in [0.4, 0.5) is 0 Å². The number of unbranched alkanes of at least 4 members (excludes halogenated alkanes) is 9. The van der Waals surface area contributed by atoms with Crippen LogP contribution in [0.5, 0.6) is 0 Å². The molecule has 0 radical (unpaired) electrons. The van der Waals surface area contributed by atoms with Crippen LogP contribution < -0.4 is 0 Å². The van der Waals surface area contributed by atoms with Crippen molar-refractivity contribution in [1.82, 2.24) is 0 Å². The molecule has 0 heterocycles. The van der Waals surface area contributed by atoms with Crippen molar-refractivity contribution in [2.75, 3.05) is 32.4 Å². The van der Waals surface area contributed by atoms with E-state index in [9.17, 15) is 8.42 Å². The molecule has 0 aromatic rings. The molecule has 5 heteroatoms. The average molecular weight is 341 g/mol. The molecule has 0 bridgehead atoms. The van der Waals surface area contributed by atoms with Gasteiger partial charge in [0.2, 0.25) is 0 Å². The Morgan fingerprint density at radius 1 is 0.714 bits per heavy atom. The molecule has 0 aromatic heterocycles. The van der Waals surface area contributed by atoms with E-state index in [4.69, 9.17) is 3.97 Å².